The van der Waals surface area contributed by atoms with Gasteiger partial charge in [0.15, 0.2) is 0 Å². The first kappa shape index (κ1) is 12.6. The highest BCUT2D eigenvalue weighted by atomic mass is 16.2. The van der Waals surface area contributed by atoms with Crippen molar-refractivity contribution in [2.45, 2.75) is 32.9 Å². The number of nitrogens with two attached hydrogens (primary N) is 1. The zero-order valence-electron chi connectivity index (χ0n) is 9.89. The Labute approximate surface area is 96.5 Å². The third kappa shape index (κ3) is 3.31. The lowest BCUT2D eigenvalue weighted by Crippen LogP contribution is -2.43. The molecule has 1 heterocycles. The molecule has 1 aromatic heterocycles. The molecule has 0 fully saturated rings. The van der Waals surface area contributed by atoms with Crippen molar-refractivity contribution in [2.24, 2.45) is 5.73 Å². The number of carbonyl (C=O) groups excluding carboxylic acids is 1. The van der Waals surface area contributed by atoms with Gasteiger partial charge in [0.2, 0.25) is 5.91 Å². The topological polar surface area (TPSA) is 59.2 Å². The summed E-state index contributed by atoms with van der Waals surface area (Å²) in [7, 11) is 0. The van der Waals surface area contributed by atoms with Gasteiger partial charge in [0.05, 0.1) is 18.3 Å². The van der Waals surface area contributed by atoms with Gasteiger partial charge in [-0.15, -0.1) is 0 Å². The van der Waals surface area contributed by atoms with Crippen LogP contribution in [-0.4, -0.2) is 28.4 Å². The van der Waals surface area contributed by atoms with E-state index in [-0.39, 0.29) is 5.91 Å². The molecule has 4 nitrogen and oxygen atoms in total. The van der Waals surface area contributed by atoms with Crippen LogP contribution in [0.25, 0.3) is 0 Å². The predicted octanol–water partition coefficient (Wildman–Crippen LogP) is 1.17. The first-order chi connectivity index (χ1) is 7.69. The van der Waals surface area contributed by atoms with Gasteiger partial charge in [0.25, 0.3) is 0 Å². The lowest BCUT2D eigenvalue weighted by Gasteiger charge is -2.23. The monoisotopic (exact) mass is 221 g/mol. The summed E-state index contributed by atoms with van der Waals surface area (Å²) in [6.45, 7) is 5.05. The van der Waals surface area contributed by atoms with E-state index in [9.17, 15) is 4.79 Å². The van der Waals surface area contributed by atoms with Gasteiger partial charge in [-0.3, -0.25) is 9.78 Å². The molecule has 2 N–H and O–H groups in total. The van der Waals surface area contributed by atoms with Gasteiger partial charge >= 0.3 is 0 Å². The molecule has 1 aromatic rings. The quantitative estimate of drug-likeness (QED) is 0.812. The molecule has 4 heteroatoms. The van der Waals surface area contributed by atoms with Gasteiger partial charge in [-0.05, 0) is 25.5 Å². The number of nitrogens with zero attached hydrogens (tertiary/aromatic N) is 2. The maximum Gasteiger partial charge on any atom is 0.239 e. The van der Waals surface area contributed by atoms with Crippen molar-refractivity contribution in [3.63, 3.8) is 0 Å². The van der Waals surface area contributed by atoms with Crippen molar-refractivity contribution < 1.29 is 4.79 Å². The van der Waals surface area contributed by atoms with Crippen molar-refractivity contribution in [1.29, 1.82) is 0 Å². The first-order valence-electron chi connectivity index (χ1n) is 5.63. The van der Waals surface area contributed by atoms with Crippen LogP contribution in [-0.2, 0) is 11.3 Å². The molecule has 1 amide bonds. The summed E-state index contributed by atoms with van der Waals surface area (Å²) in [6, 6.07) is 5.29. The van der Waals surface area contributed by atoms with Crippen molar-refractivity contribution in [3.8, 4) is 0 Å². The minimum absolute atomic E-state index is 0.00402. The summed E-state index contributed by atoms with van der Waals surface area (Å²) in [4.78, 5) is 17.8. The molecule has 1 rings (SSSR count). The zero-order valence-corrected chi connectivity index (χ0v) is 9.89. The predicted molar refractivity (Wildman–Crippen MR) is 63.6 cm³/mol. The molecular weight excluding hydrogens is 202 g/mol. The highest BCUT2D eigenvalue weighted by Gasteiger charge is 2.18. The molecule has 0 radical (unpaired) electrons. The van der Waals surface area contributed by atoms with Gasteiger partial charge in [0, 0.05) is 12.7 Å². The standard InChI is InChI=1S/C12H19N3O/c1-3-11(13)12(16)15(4-2)9-10-7-5-6-8-14-10/h5-8,11H,3-4,9,13H2,1-2H3. The highest BCUT2D eigenvalue weighted by Crippen LogP contribution is 2.04. The second kappa shape index (κ2) is 6.23. The largest absolute Gasteiger partial charge is 0.336 e. The molecule has 0 aliphatic carbocycles. The van der Waals surface area contributed by atoms with Crippen molar-refractivity contribution >= 4 is 5.91 Å². The number of aromatic nitrogens is 1. The van der Waals surface area contributed by atoms with Crippen LogP contribution in [0.1, 0.15) is 26.0 Å². The second-order valence-electron chi connectivity index (χ2n) is 3.69. The number of hydrogen-bond donors (Lipinski definition) is 1. The van der Waals surface area contributed by atoms with E-state index in [2.05, 4.69) is 4.98 Å². The summed E-state index contributed by atoms with van der Waals surface area (Å²) in [6.07, 6.45) is 2.39. The van der Waals surface area contributed by atoms with E-state index in [4.69, 9.17) is 5.73 Å². The minimum Gasteiger partial charge on any atom is -0.336 e. The van der Waals surface area contributed by atoms with E-state index in [1.807, 2.05) is 32.0 Å². The lowest BCUT2D eigenvalue weighted by molar-refractivity contribution is -0.133. The molecule has 0 aromatic carbocycles. The molecule has 0 bridgehead atoms. The zero-order chi connectivity index (χ0) is 12.0. The Morgan fingerprint density at radius 2 is 2.25 bits per heavy atom. The molecular formula is C12H19N3O. The number of carbonyl (C=O) groups is 1. The van der Waals surface area contributed by atoms with E-state index in [0.29, 0.717) is 19.5 Å². The van der Waals surface area contributed by atoms with E-state index >= 15 is 0 Å². The molecule has 16 heavy (non-hydrogen) atoms. The van der Waals surface area contributed by atoms with E-state index < -0.39 is 6.04 Å². The number of rotatable bonds is 5. The Hall–Kier alpha value is -1.42. The summed E-state index contributed by atoms with van der Waals surface area (Å²) in [5.74, 6) is -0.00402. The third-order valence-electron chi connectivity index (χ3n) is 2.53. The average Bonchev–Trinajstić information content (AvgIpc) is 2.35. The first-order valence-corrected chi connectivity index (χ1v) is 5.63. The Balaban J connectivity index is 2.66. The fraction of sp³-hybridized carbons (Fsp3) is 0.500. The molecule has 0 spiro atoms. The van der Waals surface area contributed by atoms with Crippen LogP contribution in [0.2, 0.25) is 0 Å². The Morgan fingerprint density at radius 1 is 1.50 bits per heavy atom. The lowest BCUT2D eigenvalue weighted by atomic mass is 10.2. The summed E-state index contributed by atoms with van der Waals surface area (Å²) in [5, 5.41) is 0. The van der Waals surface area contributed by atoms with Crippen LogP contribution < -0.4 is 5.73 Å². The van der Waals surface area contributed by atoms with Gasteiger partial charge in [-0.1, -0.05) is 13.0 Å². The SMILES string of the molecule is CCC(N)C(=O)N(CC)Cc1ccccn1. The van der Waals surface area contributed by atoms with Crippen LogP contribution >= 0.6 is 0 Å². The fourth-order valence-corrected chi connectivity index (χ4v) is 1.44. The number of likely N-dealkylation sites (N-methyl/N-ethyl adjacent to an activating group) is 1. The number of pyridine rings is 1. The maximum atomic E-state index is 11.9. The summed E-state index contributed by atoms with van der Waals surface area (Å²) >= 11 is 0. The highest BCUT2D eigenvalue weighted by molar-refractivity contribution is 5.81. The van der Waals surface area contributed by atoms with Gasteiger partial charge in [-0.25, -0.2) is 0 Å². The normalized spacial score (nSPS) is 12.2. The van der Waals surface area contributed by atoms with Crippen LogP contribution in [0, 0.1) is 0 Å². The van der Waals surface area contributed by atoms with Crippen molar-refractivity contribution in [2.75, 3.05) is 6.54 Å². The van der Waals surface area contributed by atoms with Crippen LogP contribution in [0.15, 0.2) is 24.4 Å². The number of amides is 1. The molecule has 0 aliphatic heterocycles. The van der Waals surface area contributed by atoms with E-state index in [1.165, 1.54) is 0 Å². The fourth-order valence-electron chi connectivity index (χ4n) is 1.44. The minimum atomic E-state index is -0.399. The van der Waals surface area contributed by atoms with Gasteiger partial charge in [-0.2, -0.15) is 0 Å². The molecule has 88 valence electrons. The average molecular weight is 221 g/mol. The maximum absolute atomic E-state index is 11.9. The van der Waals surface area contributed by atoms with Gasteiger partial charge < -0.3 is 10.6 Å². The Morgan fingerprint density at radius 3 is 2.75 bits per heavy atom. The Kier molecular flexibility index (Phi) is 4.92. The number of hydrogen-bond acceptors (Lipinski definition) is 3. The molecule has 0 aliphatic rings. The van der Waals surface area contributed by atoms with Crippen molar-refractivity contribution in [3.05, 3.63) is 30.1 Å². The molecule has 1 atom stereocenters. The van der Waals surface area contributed by atoms with E-state index in [0.717, 1.165) is 5.69 Å². The molecule has 0 saturated heterocycles. The van der Waals surface area contributed by atoms with E-state index in [1.54, 1.807) is 11.1 Å². The molecule has 1 unspecified atom stereocenters. The van der Waals surface area contributed by atoms with Crippen molar-refractivity contribution in [1.82, 2.24) is 9.88 Å². The Bertz CT molecular complexity index is 326. The van der Waals surface area contributed by atoms with Gasteiger partial charge in [0.1, 0.15) is 0 Å². The summed E-state index contributed by atoms with van der Waals surface area (Å²) < 4.78 is 0. The second-order valence-corrected chi connectivity index (χ2v) is 3.69. The van der Waals surface area contributed by atoms with Crippen LogP contribution in [0.5, 0.6) is 0 Å². The van der Waals surface area contributed by atoms with Crippen LogP contribution in [0.4, 0.5) is 0 Å². The van der Waals surface area contributed by atoms with Crippen LogP contribution in [0.3, 0.4) is 0 Å². The summed E-state index contributed by atoms with van der Waals surface area (Å²) in [5.41, 5.74) is 6.62. The third-order valence-corrected chi connectivity index (χ3v) is 2.53. The molecule has 0 saturated carbocycles. The smallest absolute Gasteiger partial charge is 0.239 e.